The van der Waals surface area contributed by atoms with E-state index in [1.807, 2.05) is 6.07 Å². The number of halogens is 3. The summed E-state index contributed by atoms with van der Waals surface area (Å²) in [7, 11) is 1.49. The number of hydrogen-bond donors (Lipinski definition) is 1. The lowest BCUT2D eigenvalue weighted by molar-refractivity contribution is -0.120. The first-order chi connectivity index (χ1) is 17.2. The zero-order chi connectivity index (χ0) is 25.8. The van der Waals surface area contributed by atoms with Crippen LogP contribution in [0.25, 0.3) is 6.08 Å². The third kappa shape index (κ3) is 6.15. The number of aliphatic imine (C=N–C) groups is 1. The molecule has 0 bridgehead atoms. The van der Waals surface area contributed by atoms with Gasteiger partial charge in [-0.15, -0.1) is 0 Å². The van der Waals surface area contributed by atoms with Crippen LogP contribution in [0.3, 0.4) is 0 Å². The maximum Gasteiger partial charge on any atom is 0.271 e. The topological polar surface area (TPSA) is 94.2 Å². The quantitative estimate of drug-likeness (QED) is 0.239. The Morgan fingerprint density at radius 2 is 1.75 bits per heavy atom. The highest BCUT2D eigenvalue weighted by Gasteiger charge is 2.35. The van der Waals surface area contributed by atoms with E-state index < -0.39 is 5.91 Å². The molecule has 1 aliphatic rings. The molecule has 7 nitrogen and oxygen atoms in total. The van der Waals surface area contributed by atoms with Crippen LogP contribution in [0.2, 0.25) is 10.0 Å². The Labute approximate surface area is 235 Å². The van der Waals surface area contributed by atoms with Crippen LogP contribution in [-0.2, 0) is 9.59 Å². The van der Waals surface area contributed by atoms with Crippen molar-refractivity contribution >= 4 is 92.0 Å². The van der Waals surface area contributed by atoms with Crippen molar-refractivity contribution in [2.75, 3.05) is 18.6 Å². The van der Waals surface area contributed by atoms with Crippen molar-refractivity contribution in [3.63, 3.8) is 0 Å². The Morgan fingerprint density at radius 3 is 2.36 bits per heavy atom. The van der Waals surface area contributed by atoms with Crippen molar-refractivity contribution in [3.05, 3.63) is 84.7 Å². The third-order valence-corrected chi connectivity index (χ3v) is 7.12. The number of anilines is 1. The summed E-state index contributed by atoms with van der Waals surface area (Å²) in [4.78, 5) is 31.3. The first-order valence-corrected chi connectivity index (χ1v) is 13.0. The van der Waals surface area contributed by atoms with E-state index >= 15 is 0 Å². The van der Waals surface area contributed by atoms with Gasteiger partial charge in [-0.25, -0.2) is 4.99 Å². The molecule has 0 atom stereocenters. The molecule has 1 fully saturated rings. The lowest BCUT2D eigenvalue weighted by Crippen LogP contribution is -2.28. The minimum Gasteiger partial charge on any atom is -0.493 e. The van der Waals surface area contributed by atoms with Gasteiger partial charge in [0.25, 0.3) is 11.8 Å². The maximum absolute atomic E-state index is 13.5. The van der Waals surface area contributed by atoms with Crippen LogP contribution in [0, 0.1) is 3.57 Å². The number of carbonyl (C=O) groups is 2. The summed E-state index contributed by atoms with van der Waals surface area (Å²) in [5, 5.41) is 1.64. The van der Waals surface area contributed by atoms with Crippen LogP contribution < -0.4 is 20.1 Å². The van der Waals surface area contributed by atoms with Crippen LogP contribution in [-0.4, -0.2) is 30.7 Å². The molecule has 3 aromatic rings. The first kappa shape index (κ1) is 26.3. The number of amides is 2. The van der Waals surface area contributed by atoms with Crippen molar-refractivity contribution < 1.29 is 19.1 Å². The van der Waals surface area contributed by atoms with E-state index in [4.69, 9.17) is 43.4 Å². The molecule has 184 valence electrons. The van der Waals surface area contributed by atoms with Gasteiger partial charge in [-0.1, -0.05) is 23.2 Å². The zero-order valence-electron chi connectivity index (χ0n) is 18.7. The number of primary amides is 1. The van der Waals surface area contributed by atoms with E-state index in [0.717, 1.165) is 0 Å². The van der Waals surface area contributed by atoms with E-state index in [1.54, 1.807) is 60.7 Å². The normalized spacial score (nSPS) is 15.6. The first-order valence-electron chi connectivity index (χ1n) is 10.4. The van der Waals surface area contributed by atoms with E-state index in [0.29, 0.717) is 52.1 Å². The van der Waals surface area contributed by atoms with Crippen LogP contribution in [0.1, 0.15) is 5.56 Å². The summed E-state index contributed by atoms with van der Waals surface area (Å²) in [6.07, 6.45) is 1.75. The number of nitrogens with two attached hydrogens (primary N) is 1. The lowest BCUT2D eigenvalue weighted by atomic mass is 10.1. The van der Waals surface area contributed by atoms with Crippen LogP contribution >= 0.6 is 57.6 Å². The minimum atomic E-state index is -0.596. The molecular formula is C25H18Cl2IN3O4S. The molecule has 2 N–H and O–H groups in total. The number of hydrogen-bond acceptors (Lipinski definition) is 6. The van der Waals surface area contributed by atoms with Gasteiger partial charge in [0.05, 0.1) is 27.0 Å². The average molecular weight is 654 g/mol. The molecule has 1 heterocycles. The number of nitrogens with zero attached hydrogens (tertiary/aromatic N) is 2. The zero-order valence-corrected chi connectivity index (χ0v) is 23.2. The van der Waals surface area contributed by atoms with Gasteiger partial charge in [0.15, 0.2) is 23.3 Å². The Hall–Kier alpha value is -2.73. The van der Waals surface area contributed by atoms with Crippen molar-refractivity contribution in [2.45, 2.75) is 0 Å². The fourth-order valence-corrected chi connectivity index (χ4v) is 5.28. The van der Waals surface area contributed by atoms with Gasteiger partial charge in [-0.3, -0.25) is 14.5 Å². The summed E-state index contributed by atoms with van der Waals surface area (Å²) in [6, 6.07) is 17.5. The van der Waals surface area contributed by atoms with Gasteiger partial charge in [0.2, 0.25) is 0 Å². The Balaban J connectivity index is 1.73. The monoisotopic (exact) mass is 653 g/mol. The molecule has 2 amide bonds. The minimum absolute atomic E-state index is 0.238. The number of rotatable bonds is 7. The molecule has 0 aliphatic carbocycles. The Bertz CT molecular complexity index is 1380. The largest absolute Gasteiger partial charge is 0.493 e. The van der Waals surface area contributed by atoms with Gasteiger partial charge in [0.1, 0.15) is 0 Å². The highest BCUT2D eigenvalue weighted by molar-refractivity contribution is 14.1. The van der Waals surface area contributed by atoms with Crippen molar-refractivity contribution in [1.82, 2.24) is 0 Å². The number of methoxy groups -OCH3 is 1. The van der Waals surface area contributed by atoms with Gasteiger partial charge in [0, 0.05) is 10.0 Å². The van der Waals surface area contributed by atoms with Crippen molar-refractivity contribution in [1.29, 1.82) is 0 Å². The van der Waals surface area contributed by atoms with Crippen LogP contribution in [0.4, 0.5) is 11.4 Å². The molecule has 4 rings (SSSR count). The van der Waals surface area contributed by atoms with Gasteiger partial charge in [-0.05, 0) is 107 Å². The second-order valence-electron chi connectivity index (χ2n) is 7.39. The van der Waals surface area contributed by atoms with Crippen molar-refractivity contribution in [3.8, 4) is 11.5 Å². The lowest BCUT2D eigenvalue weighted by Gasteiger charge is -2.15. The highest BCUT2D eigenvalue weighted by atomic mass is 127. The summed E-state index contributed by atoms with van der Waals surface area (Å²) < 4.78 is 11.6. The molecule has 0 unspecified atom stereocenters. The number of carbonyl (C=O) groups excluding carboxylic acids is 2. The van der Waals surface area contributed by atoms with Crippen molar-refractivity contribution in [2.24, 2.45) is 10.7 Å². The maximum atomic E-state index is 13.5. The predicted molar refractivity (Wildman–Crippen MR) is 153 cm³/mol. The second-order valence-corrected chi connectivity index (χ2v) is 10.4. The highest BCUT2D eigenvalue weighted by Crippen LogP contribution is 2.40. The number of ether oxygens (including phenoxy) is 2. The fourth-order valence-electron chi connectivity index (χ4n) is 3.25. The van der Waals surface area contributed by atoms with E-state index in [1.165, 1.54) is 23.8 Å². The van der Waals surface area contributed by atoms with E-state index in [2.05, 4.69) is 22.6 Å². The summed E-state index contributed by atoms with van der Waals surface area (Å²) in [5.41, 5.74) is 7.19. The Kier molecular flexibility index (Phi) is 8.45. The number of thioether (sulfide) groups is 1. The predicted octanol–water partition coefficient (Wildman–Crippen LogP) is 6.28. The fraction of sp³-hybridized carbons (Fsp3) is 0.0800. The van der Waals surface area contributed by atoms with Gasteiger partial charge < -0.3 is 15.2 Å². The summed E-state index contributed by atoms with van der Waals surface area (Å²) >= 11 is 15.4. The molecule has 0 saturated carbocycles. The number of amidine groups is 1. The molecule has 3 aromatic carbocycles. The SMILES string of the molecule is COc1cc(/C=C2\SC(=Nc3ccc(Cl)cc3)N(c3ccc(Cl)cc3)C2=O)cc(I)c1OCC(N)=O. The molecule has 1 saturated heterocycles. The second kappa shape index (κ2) is 11.5. The molecule has 0 spiro atoms. The molecule has 0 aromatic heterocycles. The Morgan fingerprint density at radius 1 is 1.11 bits per heavy atom. The standard InChI is InChI=1S/C25H18Cl2IN3O4S/c1-34-20-11-14(10-19(28)23(20)35-13-22(29)32)12-21-24(33)31(18-8-4-16(27)5-9-18)25(36-21)30-17-6-2-15(26)3-7-17/h2-12H,13H2,1H3,(H2,29,32)/b21-12-,30-25?. The van der Waals surface area contributed by atoms with E-state index in [-0.39, 0.29) is 12.5 Å². The average Bonchev–Trinajstić information content (AvgIpc) is 3.14. The number of benzene rings is 3. The van der Waals surface area contributed by atoms with E-state index in [9.17, 15) is 9.59 Å². The molecular weight excluding hydrogens is 636 g/mol. The van der Waals surface area contributed by atoms with Crippen LogP contribution in [0.5, 0.6) is 11.5 Å². The summed E-state index contributed by atoms with van der Waals surface area (Å²) in [6.45, 7) is -0.276. The summed E-state index contributed by atoms with van der Waals surface area (Å²) in [5.74, 6) is -0.0212. The third-order valence-electron chi connectivity index (χ3n) is 4.85. The molecule has 0 radical (unpaired) electrons. The molecule has 36 heavy (non-hydrogen) atoms. The van der Waals surface area contributed by atoms with Gasteiger partial charge in [-0.2, -0.15) is 0 Å². The molecule has 1 aliphatic heterocycles. The smallest absolute Gasteiger partial charge is 0.271 e. The van der Waals surface area contributed by atoms with Crippen LogP contribution in [0.15, 0.2) is 70.6 Å². The molecule has 11 heteroatoms. The van der Waals surface area contributed by atoms with Gasteiger partial charge >= 0.3 is 0 Å².